The number of para-hydroxylation sites is 3. The molecule has 6 heteroatoms. The summed E-state index contributed by atoms with van der Waals surface area (Å²) in [6.07, 6.45) is 0. The van der Waals surface area contributed by atoms with Crippen LogP contribution in [0.4, 0.5) is 17.1 Å². The summed E-state index contributed by atoms with van der Waals surface area (Å²) in [5.41, 5.74) is 8.00. The molecule has 2 amide bonds. The second kappa shape index (κ2) is 5.87. The number of benzene rings is 2. The van der Waals surface area contributed by atoms with Gasteiger partial charge >= 0.3 is 0 Å². The summed E-state index contributed by atoms with van der Waals surface area (Å²) in [7, 11) is 0.198. The van der Waals surface area contributed by atoms with Gasteiger partial charge in [0.15, 0.2) is 6.04 Å². The van der Waals surface area contributed by atoms with E-state index in [1.54, 1.807) is 4.67 Å². The highest BCUT2D eigenvalue weighted by Gasteiger charge is 2.38. The fourth-order valence-corrected chi connectivity index (χ4v) is 3.33. The standard InChI is InChI=1S/C16H16N3O2P/c1-22-19-13-10-6-5-9-12(13)18(11-7-3-2-4-8-11)15(20)14(17)16(19)21/h2-10,14,22H,17H2,1H3. The normalized spacial score (nSPS) is 18.7. The number of nitrogens with zero attached hydrogens (tertiary/aromatic N) is 2. The van der Waals surface area contributed by atoms with E-state index in [0.717, 1.165) is 0 Å². The number of hydrogen-bond donors (Lipinski definition) is 1. The lowest BCUT2D eigenvalue weighted by atomic mass is 10.2. The number of anilines is 3. The Labute approximate surface area is 130 Å². The second-order valence-electron chi connectivity index (χ2n) is 4.87. The summed E-state index contributed by atoms with van der Waals surface area (Å²) in [5, 5.41) is 0. The van der Waals surface area contributed by atoms with Gasteiger partial charge in [-0.15, -0.1) is 0 Å². The summed E-state index contributed by atoms with van der Waals surface area (Å²) in [5.74, 6) is -0.777. The van der Waals surface area contributed by atoms with Crippen molar-refractivity contribution >= 4 is 37.6 Å². The second-order valence-corrected chi connectivity index (χ2v) is 5.77. The molecule has 0 bridgehead atoms. The molecule has 2 unspecified atom stereocenters. The van der Waals surface area contributed by atoms with E-state index in [1.165, 1.54) is 4.90 Å². The molecule has 0 radical (unpaired) electrons. The molecule has 1 aliphatic heterocycles. The van der Waals surface area contributed by atoms with Crippen LogP contribution >= 0.6 is 8.73 Å². The van der Waals surface area contributed by atoms with Crippen LogP contribution in [0.2, 0.25) is 0 Å². The number of carbonyl (C=O) groups excluding carboxylic acids is 2. The predicted octanol–water partition coefficient (Wildman–Crippen LogP) is 2.25. The maximum Gasteiger partial charge on any atom is 0.258 e. The number of nitrogens with two attached hydrogens (primary N) is 1. The molecular weight excluding hydrogens is 297 g/mol. The molecule has 2 aromatic carbocycles. The van der Waals surface area contributed by atoms with Crippen molar-refractivity contribution in [1.29, 1.82) is 0 Å². The third kappa shape index (κ3) is 2.28. The van der Waals surface area contributed by atoms with Crippen molar-refractivity contribution in [3.05, 3.63) is 54.6 Å². The highest BCUT2D eigenvalue weighted by Crippen LogP contribution is 2.40. The number of carbonyl (C=O) groups is 2. The molecule has 2 aromatic rings. The van der Waals surface area contributed by atoms with Crippen LogP contribution in [0, 0.1) is 0 Å². The monoisotopic (exact) mass is 313 g/mol. The Morgan fingerprint density at radius 1 is 0.909 bits per heavy atom. The minimum Gasteiger partial charge on any atom is -0.312 e. The lowest BCUT2D eigenvalue weighted by molar-refractivity contribution is -0.127. The Kier molecular flexibility index (Phi) is 3.92. The van der Waals surface area contributed by atoms with Gasteiger partial charge in [0.2, 0.25) is 0 Å². The van der Waals surface area contributed by atoms with Crippen LogP contribution < -0.4 is 15.3 Å². The van der Waals surface area contributed by atoms with E-state index in [2.05, 4.69) is 0 Å². The van der Waals surface area contributed by atoms with Crippen molar-refractivity contribution in [3.63, 3.8) is 0 Å². The number of rotatable bonds is 2. The van der Waals surface area contributed by atoms with Crippen LogP contribution in [0.15, 0.2) is 54.6 Å². The van der Waals surface area contributed by atoms with Crippen LogP contribution in [-0.4, -0.2) is 24.5 Å². The Bertz CT molecular complexity index is 720. The molecular formula is C16H16N3O2P. The molecule has 0 aromatic heterocycles. The van der Waals surface area contributed by atoms with E-state index in [4.69, 9.17) is 5.73 Å². The maximum atomic E-state index is 12.7. The van der Waals surface area contributed by atoms with Gasteiger partial charge in [0.1, 0.15) is 0 Å². The average Bonchev–Trinajstić information content (AvgIpc) is 2.64. The fourth-order valence-electron chi connectivity index (χ4n) is 2.54. The zero-order chi connectivity index (χ0) is 15.7. The first-order valence-electron chi connectivity index (χ1n) is 6.90. The Hall–Kier alpha value is -2.23. The van der Waals surface area contributed by atoms with Gasteiger partial charge in [0, 0.05) is 5.69 Å². The lowest BCUT2D eigenvalue weighted by Gasteiger charge is -2.24. The minimum absolute atomic E-state index is 0.198. The van der Waals surface area contributed by atoms with Crippen LogP contribution in [0.5, 0.6) is 0 Å². The van der Waals surface area contributed by atoms with Gasteiger partial charge in [0.25, 0.3) is 11.8 Å². The largest absolute Gasteiger partial charge is 0.312 e. The van der Waals surface area contributed by atoms with Gasteiger partial charge in [0.05, 0.1) is 11.4 Å². The first-order valence-corrected chi connectivity index (χ1v) is 8.35. The summed E-state index contributed by atoms with van der Waals surface area (Å²) < 4.78 is 1.58. The molecule has 0 fully saturated rings. The average molecular weight is 313 g/mol. The minimum atomic E-state index is -1.19. The molecule has 1 heterocycles. The van der Waals surface area contributed by atoms with E-state index in [0.29, 0.717) is 17.1 Å². The Balaban J connectivity index is 2.24. The summed E-state index contributed by atoms with van der Waals surface area (Å²) >= 11 is 0. The lowest BCUT2D eigenvalue weighted by Crippen LogP contribution is -2.48. The van der Waals surface area contributed by atoms with Gasteiger partial charge in [-0.05, 0) is 39.7 Å². The van der Waals surface area contributed by atoms with Gasteiger partial charge < -0.3 is 5.73 Å². The third-order valence-corrected chi connectivity index (χ3v) is 4.48. The van der Waals surface area contributed by atoms with Crippen molar-refractivity contribution < 1.29 is 9.59 Å². The van der Waals surface area contributed by atoms with Crippen LogP contribution in [0.25, 0.3) is 0 Å². The maximum absolute atomic E-state index is 12.7. The smallest absolute Gasteiger partial charge is 0.258 e. The molecule has 2 N–H and O–H groups in total. The van der Waals surface area contributed by atoms with Crippen LogP contribution in [-0.2, 0) is 9.59 Å². The van der Waals surface area contributed by atoms with Crippen molar-refractivity contribution in [2.24, 2.45) is 5.73 Å². The van der Waals surface area contributed by atoms with Gasteiger partial charge in [-0.3, -0.25) is 19.2 Å². The molecule has 5 nitrogen and oxygen atoms in total. The number of hydrogen-bond acceptors (Lipinski definition) is 3. The van der Waals surface area contributed by atoms with Crippen molar-refractivity contribution in [2.45, 2.75) is 6.04 Å². The summed E-state index contributed by atoms with van der Waals surface area (Å²) in [4.78, 5) is 26.7. The number of amides is 2. The van der Waals surface area contributed by atoms with Crippen LogP contribution in [0.3, 0.4) is 0 Å². The topological polar surface area (TPSA) is 66.6 Å². The van der Waals surface area contributed by atoms with E-state index >= 15 is 0 Å². The quantitative estimate of drug-likeness (QED) is 0.683. The molecule has 22 heavy (non-hydrogen) atoms. The van der Waals surface area contributed by atoms with E-state index < -0.39 is 11.9 Å². The van der Waals surface area contributed by atoms with E-state index in [-0.39, 0.29) is 14.6 Å². The molecule has 0 saturated heterocycles. The van der Waals surface area contributed by atoms with Crippen LogP contribution in [0.1, 0.15) is 0 Å². The third-order valence-electron chi connectivity index (χ3n) is 3.57. The van der Waals surface area contributed by atoms with E-state index in [9.17, 15) is 9.59 Å². The highest BCUT2D eigenvalue weighted by atomic mass is 31.1. The molecule has 3 rings (SSSR count). The number of fused-ring (bicyclic) bond motifs is 1. The van der Waals surface area contributed by atoms with Gasteiger partial charge in [-0.1, -0.05) is 30.3 Å². The Morgan fingerprint density at radius 3 is 2.14 bits per heavy atom. The van der Waals surface area contributed by atoms with Gasteiger partial charge in [-0.25, -0.2) is 0 Å². The molecule has 112 valence electrons. The molecule has 0 spiro atoms. The zero-order valence-electron chi connectivity index (χ0n) is 12.1. The van der Waals surface area contributed by atoms with Crippen molar-refractivity contribution in [1.82, 2.24) is 0 Å². The zero-order valence-corrected chi connectivity index (χ0v) is 13.1. The van der Waals surface area contributed by atoms with E-state index in [1.807, 2.05) is 61.3 Å². The van der Waals surface area contributed by atoms with Crippen molar-refractivity contribution in [2.75, 3.05) is 16.2 Å². The molecule has 2 atom stereocenters. The summed E-state index contributed by atoms with van der Waals surface area (Å²) in [6, 6.07) is 15.4. The van der Waals surface area contributed by atoms with Gasteiger partial charge in [-0.2, -0.15) is 0 Å². The van der Waals surface area contributed by atoms with Crippen molar-refractivity contribution in [3.8, 4) is 0 Å². The first kappa shape index (κ1) is 14.7. The Morgan fingerprint density at radius 2 is 1.50 bits per heavy atom. The SMILES string of the molecule is CPN1C(=O)C(N)C(=O)N(c2ccccc2)c2ccccc21. The molecule has 0 saturated carbocycles. The summed E-state index contributed by atoms with van der Waals surface area (Å²) in [6.45, 7) is 1.89. The first-order chi connectivity index (χ1) is 10.6. The predicted molar refractivity (Wildman–Crippen MR) is 89.7 cm³/mol. The highest BCUT2D eigenvalue weighted by molar-refractivity contribution is 7.40. The molecule has 1 aliphatic rings. The molecule has 0 aliphatic carbocycles. The fraction of sp³-hybridized carbons (Fsp3) is 0.125.